The number of H-pyrrole nitrogens is 1. The summed E-state index contributed by atoms with van der Waals surface area (Å²) in [6, 6.07) is 12.8. The van der Waals surface area contributed by atoms with Gasteiger partial charge in [-0.3, -0.25) is 4.99 Å². The van der Waals surface area contributed by atoms with E-state index in [0.717, 1.165) is 31.9 Å². The van der Waals surface area contributed by atoms with Gasteiger partial charge in [0.1, 0.15) is 0 Å². The van der Waals surface area contributed by atoms with Gasteiger partial charge in [-0.05, 0) is 43.5 Å². The first kappa shape index (κ1) is 19.8. The van der Waals surface area contributed by atoms with E-state index in [1.165, 1.54) is 26.2 Å². The topological polar surface area (TPSA) is 52.2 Å². The number of thiophene rings is 1. The average molecular weight is 468 g/mol. The van der Waals surface area contributed by atoms with Crippen molar-refractivity contribution in [3.8, 4) is 0 Å². The number of halogens is 1. The van der Waals surface area contributed by atoms with E-state index in [0.29, 0.717) is 0 Å². The minimum atomic E-state index is 0. The van der Waals surface area contributed by atoms with Gasteiger partial charge in [0.25, 0.3) is 0 Å². The standard InChI is InChI=1S/C19H24N4S.HI/c1-14-9-10-16(24-14)13-23-19(20-2)21-11-5-6-15-12-22-18-8-4-3-7-17(15)18;/h3-4,7-10,12,22H,5-6,11,13H2,1-2H3,(H2,20,21,23);1H. The molecule has 0 radical (unpaired) electrons. The van der Waals surface area contributed by atoms with Crippen LogP contribution in [0.1, 0.15) is 21.7 Å². The number of guanidine groups is 1. The van der Waals surface area contributed by atoms with Crippen molar-refractivity contribution < 1.29 is 0 Å². The van der Waals surface area contributed by atoms with Gasteiger partial charge in [-0.1, -0.05) is 18.2 Å². The third-order valence-corrected chi connectivity index (χ3v) is 5.04. The number of rotatable bonds is 6. The molecule has 2 aromatic heterocycles. The molecule has 6 heteroatoms. The first-order valence-electron chi connectivity index (χ1n) is 8.31. The summed E-state index contributed by atoms with van der Waals surface area (Å²) in [5.74, 6) is 0.861. The van der Waals surface area contributed by atoms with E-state index in [1.807, 2.05) is 18.4 Å². The summed E-state index contributed by atoms with van der Waals surface area (Å²) in [6.45, 7) is 3.86. The summed E-state index contributed by atoms with van der Waals surface area (Å²) in [5, 5.41) is 8.08. The van der Waals surface area contributed by atoms with Gasteiger partial charge < -0.3 is 15.6 Å². The Kier molecular flexibility index (Phi) is 7.77. The zero-order valence-corrected chi connectivity index (χ0v) is 17.8. The third-order valence-electron chi connectivity index (χ3n) is 4.04. The number of aliphatic imine (C=N–C) groups is 1. The molecule has 0 aliphatic carbocycles. The molecule has 2 heterocycles. The summed E-state index contributed by atoms with van der Waals surface area (Å²) in [7, 11) is 1.81. The van der Waals surface area contributed by atoms with Gasteiger partial charge in [-0.25, -0.2) is 0 Å². The molecule has 0 aliphatic rings. The molecule has 0 fully saturated rings. The Morgan fingerprint density at radius 1 is 1.16 bits per heavy atom. The zero-order chi connectivity index (χ0) is 16.8. The van der Waals surface area contributed by atoms with Crippen molar-refractivity contribution in [1.82, 2.24) is 15.6 Å². The number of aromatic nitrogens is 1. The van der Waals surface area contributed by atoms with E-state index >= 15 is 0 Å². The second-order valence-electron chi connectivity index (χ2n) is 5.83. The SMILES string of the molecule is CN=C(NCCCc1c[nH]c2ccccc12)NCc1ccc(C)s1.I. The average Bonchev–Trinajstić information content (AvgIpc) is 3.20. The Morgan fingerprint density at radius 2 is 2.00 bits per heavy atom. The molecule has 0 saturated carbocycles. The maximum atomic E-state index is 4.29. The molecule has 1 aromatic carbocycles. The highest BCUT2D eigenvalue weighted by Gasteiger charge is 2.03. The number of aryl methyl sites for hydroxylation is 2. The smallest absolute Gasteiger partial charge is 0.191 e. The molecule has 0 spiro atoms. The molecular formula is C19H25IN4S. The normalized spacial score (nSPS) is 11.4. The van der Waals surface area contributed by atoms with Crippen molar-refractivity contribution in [3.63, 3.8) is 0 Å². The van der Waals surface area contributed by atoms with Crippen LogP contribution in [0, 0.1) is 6.92 Å². The summed E-state index contributed by atoms with van der Waals surface area (Å²) in [5.41, 5.74) is 2.59. The molecule has 25 heavy (non-hydrogen) atoms. The van der Waals surface area contributed by atoms with E-state index in [4.69, 9.17) is 0 Å². The molecule has 0 saturated heterocycles. The van der Waals surface area contributed by atoms with Crippen LogP contribution < -0.4 is 10.6 Å². The Labute approximate surface area is 170 Å². The molecule has 134 valence electrons. The van der Waals surface area contributed by atoms with Crippen LogP contribution in [0.4, 0.5) is 0 Å². The van der Waals surface area contributed by atoms with Gasteiger partial charge in [0.15, 0.2) is 5.96 Å². The summed E-state index contributed by atoms with van der Waals surface area (Å²) >= 11 is 1.82. The van der Waals surface area contributed by atoms with Gasteiger partial charge in [0, 0.05) is 40.4 Å². The van der Waals surface area contributed by atoms with Crippen LogP contribution in [0.2, 0.25) is 0 Å². The quantitative estimate of drug-likeness (QED) is 0.217. The molecule has 0 atom stereocenters. The van der Waals surface area contributed by atoms with Crippen LogP contribution in [-0.4, -0.2) is 24.5 Å². The van der Waals surface area contributed by atoms with Crippen molar-refractivity contribution in [2.24, 2.45) is 4.99 Å². The molecular weight excluding hydrogens is 443 g/mol. The monoisotopic (exact) mass is 468 g/mol. The lowest BCUT2D eigenvalue weighted by atomic mass is 10.1. The van der Waals surface area contributed by atoms with Crippen molar-refractivity contribution >= 4 is 52.2 Å². The Balaban J connectivity index is 0.00000225. The van der Waals surface area contributed by atoms with Crippen molar-refractivity contribution in [2.45, 2.75) is 26.3 Å². The number of fused-ring (bicyclic) bond motifs is 1. The number of para-hydroxylation sites is 1. The second-order valence-corrected chi connectivity index (χ2v) is 7.20. The van der Waals surface area contributed by atoms with Crippen molar-refractivity contribution in [1.29, 1.82) is 0 Å². The predicted octanol–water partition coefficient (Wildman–Crippen LogP) is 4.45. The fourth-order valence-electron chi connectivity index (χ4n) is 2.80. The van der Waals surface area contributed by atoms with Crippen LogP contribution in [-0.2, 0) is 13.0 Å². The second kappa shape index (κ2) is 9.82. The number of hydrogen-bond acceptors (Lipinski definition) is 2. The van der Waals surface area contributed by atoms with E-state index < -0.39 is 0 Å². The van der Waals surface area contributed by atoms with Crippen LogP contribution in [0.5, 0.6) is 0 Å². The highest BCUT2D eigenvalue weighted by Crippen LogP contribution is 2.18. The van der Waals surface area contributed by atoms with Crippen LogP contribution in [0.15, 0.2) is 47.6 Å². The molecule has 3 aromatic rings. The minimum Gasteiger partial charge on any atom is -0.361 e. The molecule has 3 N–H and O–H groups in total. The molecule has 4 nitrogen and oxygen atoms in total. The summed E-state index contributed by atoms with van der Waals surface area (Å²) < 4.78 is 0. The Bertz CT molecular complexity index is 822. The van der Waals surface area contributed by atoms with E-state index in [9.17, 15) is 0 Å². The van der Waals surface area contributed by atoms with E-state index in [1.54, 1.807) is 0 Å². The van der Waals surface area contributed by atoms with E-state index in [-0.39, 0.29) is 24.0 Å². The molecule has 0 aliphatic heterocycles. The van der Waals surface area contributed by atoms with Crippen molar-refractivity contribution in [3.05, 3.63) is 57.9 Å². The van der Waals surface area contributed by atoms with Crippen LogP contribution in [0.3, 0.4) is 0 Å². The first-order chi connectivity index (χ1) is 11.8. The number of aromatic amines is 1. The molecule has 3 rings (SSSR count). The lowest BCUT2D eigenvalue weighted by Crippen LogP contribution is -2.37. The summed E-state index contributed by atoms with van der Waals surface area (Å²) in [4.78, 5) is 10.3. The van der Waals surface area contributed by atoms with Gasteiger partial charge >= 0.3 is 0 Å². The highest BCUT2D eigenvalue weighted by atomic mass is 127. The van der Waals surface area contributed by atoms with Crippen molar-refractivity contribution in [2.75, 3.05) is 13.6 Å². The molecule has 0 unspecified atom stereocenters. The Hall–Kier alpha value is -1.54. The number of hydrogen-bond donors (Lipinski definition) is 3. The largest absolute Gasteiger partial charge is 0.361 e. The zero-order valence-electron chi connectivity index (χ0n) is 14.6. The highest BCUT2D eigenvalue weighted by molar-refractivity contribution is 14.0. The fourth-order valence-corrected chi connectivity index (χ4v) is 3.63. The van der Waals surface area contributed by atoms with E-state index in [2.05, 4.69) is 70.1 Å². The lowest BCUT2D eigenvalue weighted by Gasteiger charge is -2.11. The first-order valence-corrected chi connectivity index (χ1v) is 9.13. The number of nitrogens with one attached hydrogen (secondary N) is 3. The predicted molar refractivity (Wildman–Crippen MR) is 119 cm³/mol. The lowest BCUT2D eigenvalue weighted by molar-refractivity contribution is 0.746. The molecule has 0 amide bonds. The maximum absolute atomic E-state index is 4.29. The van der Waals surface area contributed by atoms with Gasteiger partial charge in [0.2, 0.25) is 0 Å². The van der Waals surface area contributed by atoms with Gasteiger partial charge in [0.05, 0.1) is 6.54 Å². The third kappa shape index (κ3) is 5.47. The number of nitrogens with zero attached hydrogens (tertiary/aromatic N) is 1. The Morgan fingerprint density at radius 3 is 2.76 bits per heavy atom. The van der Waals surface area contributed by atoms with Gasteiger partial charge in [-0.15, -0.1) is 35.3 Å². The maximum Gasteiger partial charge on any atom is 0.191 e. The van der Waals surface area contributed by atoms with Gasteiger partial charge in [-0.2, -0.15) is 0 Å². The summed E-state index contributed by atoms with van der Waals surface area (Å²) in [6.07, 6.45) is 4.25. The molecule has 0 bridgehead atoms. The van der Waals surface area contributed by atoms with Crippen LogP contribution in [0.25, 0.3) is 10.9 Å². The minimum absolute atomic E-state index is 0. The number of benzene rings is 1. The van der Waals surface area contributed by atoms with Crippen LogP contribution >= 0.6 is 35.3 Å². The fraction of sp³-hybridized carbons (Fsp3) is 0.316.